The number of hydrogen-bond acceptors (Lipinski definition) is 3. The topological polar surface area (TPSA) is 102 Å². The Kier molecular flexibility index (Phi) is 4.21. The number of nitrogens with zero attached hydrogens (tertiary/aromatic N) is 2. The molecule has 0 saturated heterocycles. The second kappa shape index (κ2) is 4.67. The Hall–Kier alpha value is -1.28. The van der Waals surface area contributed by atoms with Crippen molar-refractivity contribution in [2.24, 2.45) is 11.5 Å². The number of amides is 4. The highest BCUT2D eigenvalue weighted by Crippen LogP contribution is 2.01. The molecule has 0 bridgehead atoms. The summed E-state index contributed by atoms with van der Waals surface area (Å²) >= 11 is 0. The summed E-state index contributed by atoms with van der Waals surface area (Å²) in [4.78, 5) is 23.4. The molecule has 0 unspecified atom stereocenters. The van der Waals surface area contributed by atoms with Crippen molar-refractivity contribution in [2.75, 3.05) is 14.1 Å². The molecule has 8 heteroatoms. The first-order valence-electron chi connectivity index (χ1n) is 3.28. The summed E-state index contributed by atoms with van der Waals surface area (Å²) in [7, 11) is 5.44. The van der Waals surface area contributed by atoms with E-state index in [2.05, 4.69) is 14.9 Å². The van der Waals surface area contributed by atoms with Crippen LogP contribution in [0.5, 0.6) is 0 Å². The minimum atomic E-state index is -0.966. The molecule has 3 radical (unpaired) electrons. The molecule has 0 aliphatic heterocycles. The number of rotatable bonds is 3. The minimum absolute atomic E-state index is 0.739. The molecular weight excluding hydrogens is 192 g/mol. The second-order valence-corrected chi connectivity index (χ2v) is 2.58. The maximum Gasteiger partial charge on any atom is 0.317 e. The molecule has 4 amide bonds. The number of primary amides is 2. The number of carbonyl (C=O) groups is 2. The van der Waals surface area contributed by atoms with Crippen molar-refractivity contribution < 1.29 is 14.0 Å². The van der Waals surface area contributed by atoms with Gasteiger partial charge in [0.2, 0.25) is 6.35 Å². The van der Waals surface area contributed by atoms with Crippen molar-refractivity contribution in [1.29, 1.82) is 0 Å². The van der Waals surface area contributed by atoms with E-state index in [-0.39, 0.29) is 0 Å². The van der Waals surface area contributed by atoms with Crippen LogP contribution in [0.15, 0.2) is 0 Å². The molecule has 0 aromatic rings. The molecule has 0 aliphatic rings. The lowest BCUT2D eigenvalue weighted by atomic mass is 10.6. The molecule has 0 saturated carbocycles. The van der Waals surface area contributed by atoms with E-state index in [4.69, 9.17) is 11.5 Å². The Balaban J connectivity index is 4.49. The first-order chi connectivity index (χ1) is 5.91. The second-order valence-electron chi connectivity index (χ2n) is 2.34. The Morgan fingerprint density at radius 3 is 1.69 bits per heavy atom. The standard InChI is InChI=1S/C5H11N4O3Si/c1-8(3(6)10)5(12-13)9(2)4(7)11/h5H,1-2H3,(H2,6,10)(H2,7,11). The van der Waals surface area contributed by atoms with E-state index in [1.165, 1.54) is 14.1 Å². The lowest BCUT2D eigenvalue weighted by molar-refractivity contribution is -0.0155. The van der Waals surface area contributed by atoms with Gasteiger partial charge in [-0.3, -0.25) is 9.80 Å². The average molecular weight is 203 g/mol. The predicted octanol–water partition coefficient (Wildman–Crippen LogP) is -1.61. The third-order valence-electron chi connectivity index (χ3n) is 1.46. The van der Waals surface area contributed by atoms with Crippen LogP contribution in [0.2, 0.25) is 0 Å². The molecule has 0 fully saturated rings. The first-order valence-corrected chi connectivity index (χ1v) is 3.69. The number of nitrogens with two attached hydrogens (primary N) is 2. The van der Waals surface area contributed by atoms with Crippen molar-refractivity contribution >= 4 is 22.5 Å². The summed E-state index contributed by atoms with van der Waals surface area (Å²) in [6.45, 7) is 0. The maximum absolute atomic E-state index is 10.7. The van der Waals surface area contributed by atoms with Crippen LogP contribution >= 0.6 is 0 Å². The Labute approximate surface area is 79.1 Å². The van der Waals surface area contributed by atoms with Crippen LogP contribution in [0.3, 0.4) is 0 Å². The smallest absolute Gasteiger partial charge is 0.317 e. The van der Waals surface area contributed by atoms with Gasteiger partial charge in [0.25, 0.3) is 10.5 Å². The third kappa shape index (κ3) is 2.91. The van der Waals surface area contributed by atoms with Crippen molar-refractivity contribution in [3.8, 4) is 0 Å². The van der Waals surface area contributed by atoms with E-state index < -0.39 is 18.4 Å². The van der Waals surface area contributed by atoms with Gasteiger partial charge in [-0.1, -0.05) is 0 Å². The zero-order valence-electron chi connectivity index (χ0n) is 7.35. The fourth-order valence-electron chi connectivity index (χ4n) is 0.636. The summed E-state index contributed by atoms with van der Waals surface area (Å²) < 4.78 is 4.65. The Morgan fingerprint density at radius 1 is 1.23 bits per heavy atom. The fraction of sp³-hybridized carbons (Fsp3) is 0.600. The molecule has 73 valence electrons. The van der Waals surface area contributed by atoms with Gasteiger partial charge < -0.3 is 15.9 Å². The highest BCUT2D eigenvalue weighted by atomic mass is 28.2. The van der Waals surface area contributed by atoms with Crippen LogP contribution in [-0.2, 0) is 4.43 Å². The van der Waals surface area contributed by atoms with Crippen molar-refractivity contribution in [3.05, 3.63) is 0 Å². The van der Waals surface area contributed by atoms with Crippen molar-refractivity contribution in [3.63, 3.8) is 0 Å². The van der Waals surface area contributed by atoms with Crippen molar-refractivity contribution in [1.82, 2.24) is 9.80 Å². The molecule has 0 spiro atoms. The van der Waals surface area contributed by atoms with Crippen LogP contribution in [-0.4, -0.2) is 52.8 Å². The van der Waals surface area contributed by atoms with Crippen LogP contribution in [0.25, 0.3) is 0 Å². The quantitative estimate of drug-likeness (QED) is 0.426. The van der Waals surface area contributed by atoms with Gasteiger partial charge in [-0.25, -0.2) is 9.59 Å². The monoisotopic (exact) mass is 203 g/mol. The molecule has 4 N–H and O–H groups in total. The van der Waals surface area contributed by atoms with Crippen molar-refractivity contribution in [2.45, 2.75) is 6.35 Å². The molecule has 0 atom stereocenters. The first kappa shape index (κ1) is 11.7. The van der Waals surface area contributed by atoms with Gasteiger partial charge in [-0.05, 0) is 0 Å². The zero-order valence-corrected chi connectivity index (χ0v) is 8.35. The number of hydrogen-bond donors (Lipinski definition) is 2. The lowest BCUT2D eigenvalue weighted by Crippen LogP contribution is -2.54. The average Bonchev–Trinajstić information content (AvgIpc) is 2.04. The van der Waals surface area contributed by atoms with Crippen LogP contribution in [0.4, 0.5) is 9.59 Å². The van der Waals surface area contributed by atoms with Gasteiger partial charge in [0.05, 0.1) is 0 Å². The highest BCUT2D eigenvalue weighted by Gasteiger charge is 2.23. The molecule has 0 heterocycles. The summed E-state index contributed by atoms with van der Waals surface area (Å²) in [5.41, 5.74) is 9.91. The molecule has 0 rings (SSSR count). The minimum Gasteiger partial charge on any atom is -0.383 e. The number of carbonyl (C=O) groups excluding carboxylic acids is 2. The van der Waals surface area contributed by atoms with Gasteiger partial charge in [0.1, 0.15) is 0 Å². The molecule has 13 heavy (non-hydrogen) atoms. The summed E-state index contributed by atoms with van der Waals surface area (Å²) in [6.07, 6.45) is -0.966. The predicted molar refractivity (Wildman–Crippen MR) is 45.3 cm³/mol. The third-order valence-corrected chi connectivity index (χ3v) is 1.67. The van der Waals surface area contributed by atoms with E-state index >= 15 is 0 Å². The van der Waals surface area contributed by atoms with Gasteiger partial charge in [0.15, 0.2) is 0 Å². The Morgan fingerprint density at radius 2 is 1.54 bits per heavy atom. The normalized spacial score (nSPS) is 9.85. The van der Waals surface area contributed by atoms with Gasteiger partial charge in [0, 0.05) is 14.1 Å². The van der Waals surface area contributed by atoms with Crippen LogP contribution in [0, 0.1) is 0 Å². The zero-order chi connectivity index (χ0) is 10.6. The number of urea groups is 2. The fourth-order valence-corrected chi connectivity index (χ4v) is 0.952. The molecule has 0 aromatic heterocycles. The SMILES string of the molecule is CN(C(N)=O)C(O[Si])N(C)C(N)=O. The van der Waals surface area contributed by atoms with Gasteiger partial charge in [-0.15, -0.1) is 0 Å². The molecule has 0 aromatic carbocycles. The molecular formula is C5H11N4O3Si. The Bertz CT molecular complexity index is 192. The largest absolute Gasteiger partial charge is 0.383 e. The highest BCUT2D eigenvalue weighted by molar-refractivity contribution is 5.98. The lowest BCUT2D eigenvalue weighted by Gasteiger charge is -2.31. The summed E-state index contributed by atoms with van der Waals surface area (Å²) in [5, 5.41) is 0. The van der Waals surface area contributed by atoms with Gasteiger partial charge in [-0.2, -0.15) is 0 Å². The van der Waals surface area contributed by atoms with E-state index in [9.17, 15) is 9.59 Å². The van der Waals surface area contributed by atoms with E-state index in [0.717, 1.165) is 9.80 Å². The van der Waals surface area contributed by atoms with Crippen LogP contribution < -0.4 is 11.5 Å². The molecule has 0 aliphatic carbocycles. The maximum atomic E-state index is 10.7. The summed E-state index contributed by atoms with van der Waals surface area (Å²) in [6, 6.07) is -1.48. The van der Waals surface area contributed by atoms with E-state index in [1.54, 1.807) is 0 Å². The van der Waals surface area contributed by atoms with E-state index in [1.807, 2.05) is 0 Å². The van der Waals surface area contributed by atoms with Gasteiger partial charge >= 0.3 is 12.1 Å². The van der Waals surface area contributed by atoms with E-state index in [0.29, 0.717) is 0 Å². The summed E-state index contributed by atoms with van der Waals surface area (Å²) in [5.74, 6) is 0. The molecule has 7 nitrogen and oxygen atoms in total. The van der Waals surface area contributed by atoms with Crippen LogP contribution in [0.1, 0.15) is 0 Å².